The maximum atomic E-state index is 9.08. The van der Waals surface area contributed by atoms with Crippen LogP contribution in [0.4, 0.5) is 0 Å². The predicted molar refractivity (Wildman–Crippen MR) is 116 cm³/mol. The lowest BCUT2D eigenvalue weighted by molar-refractivity contribution is 0.184. The Balaban J connectivity index is 2.04. The van der Waals surface area contributed by atoms with Crippen molar-refractivity contribution in [1.29, 1.82) is 0 Å². The van der Waals surface area contributed by atoms with Gasteiger partial charge in [0.05, 0.1) is 0 Å². The minimum atomic E-state index is 0.289. The molecule has 0 spiro atoms. The molecule has 1 aromatic rings. The highest BCUT2D eigenvalue weighted by Gasteiger charge is 2.19. The molecule has 0 unspecified atom stereocenters. The standard InChI is InChI=1S/C22H30N2OS/c1-5-8-21-19(6-2)15-22(26-21)20(7-3)16-23-17(4)24-12-9-18(10-13-24)11-14-25/h5-8,15-16,18,25H,2,4,9-14H2,1,3H3/b8-5-,20-7+,23-16-. The van der Waals surface area contributed by atoms with Crippen LogP contribution >= 0.6 is 11.3 Å². The van der Waals surface area contributed by atoms with Crippen LogP contribution < -0.4 is 0 Å². The molecule has 0 radical (unpaired) electrons. The van der Waals surface area contributed by atoms with Gasteiger partial charge in [0.1, 0.15) is 5.82 Å². The minimum absolute atomic E-state index is 0.289. The molecular weight excluding hydrogens is 340 g/mol. The summed E-state index contributed by atoms with van der Waals surface area (Å²) in [6, 6.07) is 2.16. The Labute approximate surface area is 161 Å². The van der Waals surface area contributed by atoms with E-state index in [-0.39, 0.29) is 6.61 Å². The van der Waals surface area contributed by atoms with Gasteiger partial charge in [-0.05, 0) is 56.7 Å². The molecule has 0 atom stereocenters. The van der Waals surface area contributed by atoms with E-state index in [4.69, 9.17) is 5.11 Å². The molecule has 1 saturated heterocycles. The van der Waals surface area contributed by atoms with Crippen LogP contribution in [0.3, 0.4) is 0 Å². The fourth-order valence-electron chi connectivity index (χ4n) is 3.17. The minimum Gasteiger partial charge on any atom is -0.396 e. The van der Waals surface area contributed by atoms with E-state index in [1.54, 1.807) is 11.3 Å². The van der Waals surface area contributed by atoms with E-state index in [0.29, 0.717) is 5.92 Å². The van der Waals surface area contributed by atoms with Gasteiger partial charge in [0, 0.05) is 41.2 Å². The highest BCUT2D eigenvalue weighted by Crippen LogP contribution is 2.30. The number of hydrogen-bond acceptors (Lipinski definition) is 4. The number of aliphatic hydroxyl groups is 1. The van der Waals surface area contributed by atoms with Gasteiger partial charge in [-0.25, -0.2) is 4.99 Å². The van der Waals surface area contributed by atoms with Crippen LogP contribution in [-0.4, -0.2) is 35.9 Å². The molecule has 1 aromatic heterocycles. The average molecular weight is 371 g/mol. The molecule has 1 aliphatic rings. The summed E-state index contributed by atoms with van der Waals surface area (Å²) >= 11 is 1.75. The molecule has 0 bridgehead atoms. The van der Waals surface area contributed by atoms with Crippen molar-refractivity contribution < 1.29 is 5.11 Å². The van der Waals surface area contributed by atoms with Gasteiger partial charge < -0.3 is 10.0 Å². The molecule has 1 aliphatic heterocycles. The molecule has 4 heteroatoms. The molecule has 3 nitrogen and oxygen atoms in total. The Kier molecular flexibility index (Phi) is 8.07. The lowest BCUT2D eigenvalue weighted by Crippen LogP contribution is -2.32. The molecule has 26 heavy (non-hydrogen) atoms. The average Bonchev–Trinajstić information content (AvgIpc) is 3.06. The molecule has 0 aromatic carbocycles. The van der Waals surface area contributed by atoms with E-state index >= 15 is 0 Å². The Morgan fingerprint density at radius 1 is 1.38 bits per heavy atom. The number of aliphatic imine (C=N–C) groups is 1. The first kappa shape index (κ1) is 20.4. The van der Waals surface area contributed by atoms with Crippen molar-refractivity contribution in [3.63, 3.8) is 0 Å². The van der Waals surface area contributed by atoms with E-state index in [9.17, 15) is 0 Å². The number of rotatable bonds is 8. The first-order chi connectivity index (χ1) is 12.6. The first-order valence-electron chi connectivity index (χ1n) is 9.27. The maximum absolute atomic E-state index is 9.08. The number of allylic oxidation sites excluding steroid dienone is 3. The molecule has 0 saturated carbocycles. The molecule has 140 valence electrons. The van der Waals surface area contributed by atoms with Gasteiger partial charge >= 0.3 is 0 Å². The Bertz CT molecular complexity index is 704. The largest absolute Gasteiger partial charge is 0.396 e. The second kappa shape index (κ2) is 10.3. The second-order valence-corrected chi connectivity index (χ2v) is 7.58. The molecule has 2 heterocycles. The van der Waals surface area contributed by atoms with Crippen molar-refractivity contribution in [2.75, 3.05) is 19.7 Å². The van der Waals surface area contributed by atoms with Crippen LogP contribution in [0.25, 0.3) is 17.7 Å². The van der Waals surface area contributed by atoms with Gasteiger partial charge in [0.2, 0.25) is 0 Å². The summed E-state index contributed by atoms with van der Waals surface area (Å²) in [6.45, 7) is 14.3. The predicted octanol–water partition coefficient (Wildman–Crippen LogP) is 5.46. The fourth-order valence-corrected chi connectivity index (χ4v) is 4.35. The molecule has 2 rings (SSSR count). The van der Waals surface area contributed by atoms with Gasteiger partial charge in [-0.15, -0.1) is 11.3 Å². The number of aliphatic hydroxyl groups excluding tert-OH is 1. The van der Waals surface area contributed by atoms with Gasteiger partial charge in [-0.1, -0.05) is 31.4 Å². The third kappa shape index (κ3) is 5.29. The topological polar surface area (TPSA) is 35.8 Å². The third-order valence-corrected chi connectivity index (χ3v) is 5.96. The van der Waals surface area contributed by atoms with E-state index in [1.165, 1.54) is 9.75 Å². The summed E-state index contributed by atoms with van der Waals surface area (Å²) in [5.74, 6) is 1.45. The van der Waals surface area contributed by atoms with Crippen molar-refractivity contribution in [3.8, 4) is 0 Å². The smallest absolute Gasteiger partial charge is 0.121 e. The van der Waals surface area contributed by atoms with Gasteiger partial charge in [0.15, 0.2) is 0 Å². The van der Waals surface area contributed by atoms with Crippen molar-refractivity contribution in [1.82, 2.24) is 4.90 Å². The van der Waals surface area contributed by atoms with Crippen LogP contribution in [0.2, 0.25) is 0 Å². The number of likely N-dealkylation sites (tertiary alicyclic amines) is 1. The van der Waals surface area contributed by atoms with E-state index in [0.717, 1.165) is 49.3 Å². The summed E-state index contributed by atoms with van der Waals surface area (Å²) in [4.78, 5) is 9.28. The molecule has 0 amide bonds. The molecule has 1 N–H and O–H groups in total. The van der Waals surface area contributed by atoms with Gasteiger partial charge in [-0.2, -0.15) is 0 Å². The Morgan fingerprint density at radius 2 is 2.12 bits per heavy atom. The first-order valence-corrected chi connectivity index (χ1v) is 10.1. The highest BCUT2D eigenvalue weighted by molar-refractivity contribution is 7.14. The van der Waals surface area contributed by atoms with E-state index in [1.807, 2.05) is 32.2 Å². The van der Waals surface area contributed by atoms with Crippen LogP contribution in [0.15, 0.2) is 42.2 Å². The number of thiophene rings is 1. The normalized spacial score (nSPS) is 16.7. The highest BCUT2D eigenvalue weighted by atomic mass is 32.1. The van der Waals surface area contributed by atoms with Gasteiger partial charge in [0.25, 0.3) is 0 Å². The third-order valence-electron chi connectivity index (χ3n) is 4.79. The number of hydrogen-bond donors (Lipinski definition) is 1. The van der Waals surface area contributed by atoms with Crippen molar-refractivity contribution in [2.45, 2.75) is 33.1 Å². The summed E-state index contributed by atoms with van der Waals surface area (Å²) in [6.07, 6.45) is 13.2. The van der Waals surface area contributed by atoms with Crippen molar-refractivity contribution in [3.05, 3.63) is 52.5 Å². The van der Waals surface area contributed by atoms with Gasteiger partial charge in [-0.3, -0.25) is 0 Å². The van der Waals surface area contributed by atoms with Crippen LogP contribution in [0, 0.1) is 5.92 Å². The maximum Gasteiger partial charge on any atom is 0.121 e. The molecule has 1 fully saturated rings. The SMILES string of the molecule is C=Cc1cc(C(/C=N\C(=C)N2CCC(CCO)CC2)=C/C)sc1/C=C\C. The summed E-state index contributed by atoms with van der Waals surface area (Å²) < 4.78 is 0. The van der Waals surface area contributed by atoms with Crippen LogP contribution in [0.1, 0.15) is 48.4 Å². The van der Waals surface area contributed by atoms with E-state index < -0.39 is 0 Å². The quantitative estimate of drug-likeness (QED) is 0.616. The Morgan fingerprint density at radius 3 is 2.69 bits per heavy atom. The lowest BCUT2D eigenvalue weighted by atomic mass is 9.94. The molecule has 0 aliphatic carbocycles. The summed E-state index contributed by atoms with van der Waals surface area (Å²) in [7, 11) is 0. The summed E-state index contributed by atoms with van der Waals surface area (Å²) in [5, 5.41) is 9.08. The zero-order chi connectivity index (χ0) is 18.9. The summed E-state index contributed by atoms with van der Waals surface area (Å²) in [5.41, 5.74) is 2.26. The number of piperidine rings is 1. The van der Waals surface area contributed by atoms with Crippen LogP contribution in [-0.2, 0) is 0 Å². The number of nitrogens with zero attached hydrogens (tertiary/aromatic N) is 2. The van der Waals surface area contributed by atoms with Crippen molar-refractivity contribution >= 4 is 35.3 Å². The zero-order valence-electron chi connectivity index (χ0n) is 15.9. The monoisotopic (exact) mass is 370 g/mol. The zero-order valence-corrected chi connectivity index (χ0v) is 16.8. The van der Waals surface area contributed by atoms with Crippen LogP contribution in [0.5, 0.6) is 0 Å². The Hall–Kier alpha value is -1.91. The molecular formula is C22H30N2OS. The van der Waals surface area contributed by atoms with Crippen molar-refractivity contribution in [2.24, 2.45) is 10.9 Å². The fraction of sp³-hybridized carbons (Fsp3) is 0.409. The lowest BCUT2D eigenvalue weighted by Gasteiger charge is -2.32. The second-order valence-electron chi connectivity index (χ2n) is 6.50. The van der Waals surface area contributed by atoms with E-state index in [2.05, 4.69) is 41.3 Å².